The van der Waals surface area contributed by atoms with Crippen molar-refractivity contribution in [3.63, 3.8) is 0 Å². The van der Waals surface area contributed by atoms with Crippen molar-refractivity contribution in [1.82, 2.24) is 10.1 Å². The van der Waals surface area contributed by atoms with Crippen molar-refractivity contribution in [2.75, 3.05) is 5.73 Å². The summed E-state index contributed by atoms with van der Waals surface area (Å²) in [6.45, 7) is 1.87. The molecule has 0 unspecified atom stereocenters. The second kappa shape index (κ2) is 3.65. The first-order chi connectivity index (χ1) is 7.59. The maximum absolute atomic E-state index is 10.8. The summed E-state index contributed by atoms with van der Waals surface area (Å²) in [5.41, 5.74) is 12.9. The smallest absolute Gasteiger partial charge is 0.290 e. The van der Waals surface area contributed by atoms with Gasteiger partial charge >= 0.3 is 0 Å². The zero-order valence-electron chi connectivity index (χ0n) is 8.60. The van der Waals surface area contributed by atoms with E-state index >= 15 is 0 Å². The lowest BCUT2D eigenvalue weighted by Gasteiger charge is -2.02. The number of para-hydroxylation sites is 1. The fraction of sp³-hybridized carbons (Fsp3) is 0.100. The molecule has 1 aromatic heterocycles. The second-order valence-electron chi connectivity index (χ2n) is 3.32. The van der Waals surface area contributed by atoms with Gasteiger partial charge in [-0.25, -0.2) is 0 Å². The molecule has 82 valence electrons. The third-order valence-electron chi connectivity index (χ3n) is 2.20. The molecule has 4 N–H and O–H groups in total. The normalized spacial score (nSPS) is 10.3. The summed E-state index contributed by atoms with van der Waals surface area (Å²) in [5, 5.41) is 3.45. The third kappa shape index (κ3) is 1.60. The maximum Gasteiger partial charge on any atom is 0.290 e. The molecule has 0 saturated heterocycles. The molecule has 0 aliphatic rings. The third-order valence-corrected chi connectivity index (χ3v) is 2.20. The zero-order valence-corrected chi connectivity index (χ0v) is 8.60. The van der Waals surface area contributed by atoms with Gasteiger partial charge in [-0.2, -0.15) is 4.98 Å². The van der Waals surface area contributed by atoms with E-state index in [1.165, 1.54) is 0 Å². The number of nitrogen functional groups attached to an aromatic ring is 1. The predicted molar refractivity (Wildman–Crippen MR) is 57.4 cm³/mol. The fourth-order valence-electron chi connectivity index (χ4n) is 1.30. The Morgan fingerprint density at radius 1 is 1.44 bits per heavy atom. The minimum absolute atomic E-state index is 0.157. The summed E-state index contributed by atoms with van der Waals surface area (Å²) < 4.78 is 4.91. The number of carbonyl (C=O) groups excluding carboxylic acids is 1. The molecule has 1 heterocycles. The van der Waals surface area contributed by atoms with Gasteiger partial charge in [-0.3, -0.25) is 4.79 Å². The minimum Gasteiger partial charge on any atom is -0.398 e. The van der Waals surface area contributed by atoms with Crippen molar-refractivity contribution in [3.05, 3.63) is 29.6 Å². The Kier molecular flexibility index (Phi) is 2.32. The second-order valence-corrected chi connectivity index (χ2v) is 3.32. The van der Waals surface area contributed by atoms with Gasteiger partial charge in [0.25, 0.3) is 17.6 Å². The number of primary amides is 1. The van der Waals surface area contributed by atoms with Crippen LogP contribution in [-0.4, -0.2) is 16.0 Å². The van der Waals surface area contributed by atoms with Crippen LogP contribution < -0.4 is 11.5 Å². The molecule has 6 heteroatoms. The van der Waals surface area contributed by atoms with Gasteiger partial charge in [-0.1, -0.05) is 17.3 Å². The summed E-state index contributed by atoms with van der Waals surface area (Å²) in [7, 11) is 0. The Labute approximate surface area is 91.2 Å². The number of nitrogens with two attached hydrogens (primary N) is 2. The van der Waals surface area contributed by atoms with Crippen LogP contribution in [0, 0.1) is 6.92 Å². The Bertz CT molecular complexity index is 548. The molecule has 0 aliphatic heterocycles. The first-order valence-corrected chi connectivity index (χ1v) is 4.58. The van der Waals surface area contributed by atoms with Gasteiger partial charge in [0.2, 0.25) is 0 Å². The highest BCUT2D eigenvalue weighted by molar-refractivity contribution is 5.89. The van der Waals surface area contributed by atoms with Gasteiger partial charge in [0.1, 0.15) is 0 Å². The van der Waals surface area contributed by atoms with E-state index in [0.29, 0.717) is 11.3 Å². The van der Waals surface area contributed by atoms with Crippen molar-refractivity contribution >= 4 is 11.6 Å². The maximum atomic E-state index is 10.8. The van der Waals surface area contributed by atoms with Crippen molar-refractivity contribution in [2.45, 2.75) is 6.92 Å². The molecule has 2 aromatic rings. The number of hydrogen-bond donors (Lipinski definition) is 2. The number of aryl methyl sites for hydroxylation is 1. The lowest BCUT2D eigenvalue weighted by atomic mass is 10.1. The summed E-state index contributed by atoms with van der Waals surface area (Å²) in [5.74, 6) is -0.702. The van der Waals surface area contributed by atoms with E-state index in [1.54, 1.807) is 6.07 Å². The number of aromatic nitrogens is 2. The van der Waals surface area contributed by atoms with E-state index in [9.17, 15) is 4.79 Å². The molecule has 1 aromatic carbocycles. The number of hydrogen-bond acceptors (Lipinski definition) is 5. The lowest BCUT2D eigenvalue weighted by molar-refractivity contribution is 0.0987. The van der Waals surface area contributed by atoms with Crippen LogP contribution in [0.5, 0.6) is 0 Å². The SMILES string of the molecule is Cc1cccc(-c2nc(C(N)=O)no2)c1N. The van der Waals surface area contributed by atoms with E-state index in [1.807, 2.05) is 19.1 Å². The molecular formula is C10H10N4O2. The Morgan fingerprint density at radius 3 is 2.81 bits per heavy atom. The Morgan fingerprint density at radius 2 is 2.19 bits per heavy atom. The Balaban J connectivity index is 2.50. The highest BCUT2D eigenvalue weighted by Crippen LogP contribution is 2.26. The quantitative estimate of drug-likeness (QED) is 0.722. The van der Waals surface area contributed by atoms with Gasteiger partial charge in [0.05, 0.1) is 5.56 Å². The van der Waals surface area contributed by atoms with Crippen LogP contribution in [0.25, 0.3) is 11.5 Å². The van der Waals surface area contributed by atoms with Gasteiger partial charge in [-0.05, 0) is 18.6 Å². The van der Waals surface area contributed by atoms with Crippen LogP contribution in [0.4, 0.5) is 5.69 Å². The molecule has 0 fully saturated rings. The highest BCUT2D eigenvalue weighted by atomic mass is 16.5. The molecule has 0 radical (unpaired) electrons. The standard InChI is InChI=1S/C10H10N4O2/c1-5-3-2-4-6(7(5)11)10-13-9(8(12)15)14-16-10/h2-4H,11H2,1H3,(H2,12,15). The Hall–Kier alpha value is -2.37. The van der Waals surface area contributed by atoms with Crippen molar-refractivity contribution in [3.8, 4) is 11.5 Å². The largest absolute Gasteiger partial charge is 0.398 e. The highest BCUT2D eigenvalue weighted by Gasteiger charge is 2.15. The van der Waals surface area contributed by atoms with Crippen LogP contribution >= 0.6 is 0 Å². The molecule has 16 heavy (non-hydrogen) atoms. The molecule has 0 bridgehead atoms. The summed E-state index contributed by atoms with van der Waals surface area (Å²) in [6, 6.07) is 5.42. The summed E-state index contributed by atoms with van der Waals surface area (Å²) in [6.07, 6.45) is 0. The molecule has 6 nitrogen and oxygen atoms in total. The molecule has 0 saturated carbocycles. The van der Waals surface area contributed by atoms with E-state index in [4.69, 9.17) is 16.0 Å². The van der Waals surface area contributed by atoms with Crippen LogP contribution in [0.3, 0.4) is 0 Å². The number of carbonyl (C=O) groups is 1. The van der Waals surface area contributed by atoms with Crippen LogP contribution in [0.2, 0.25) is 0 Å². The minimum atomic E-state index is -0.735. The average Bonchev–Trinajstić information content (AvgIpc) is 2.71. The molecular weight excluding hydrogens is 208 g/mol. The molecule has 0 aliphatic carbocycles. The van der Waals surface area contributed by atoms with Crippen LogP contribution in [-0.2, 0) is 0 Å². The lowest BCUT2D eigenvalue weighted by Crippen LogP contribution is -2.12. The first kappa shape index (κ1) is 10.2. The van der Waals surface area contributed by atoms with E-state index < -0.39 is 5.91 Å². The van der Waals surface area contributed by atoms with E-state index in [2.05, 4.69) is 10.1 Å². The van der Waals surface area contributed by atoms with E-state index in [0.717, 1.165) is 5.56 Å². The number of benzene rings is 1. The van der Waals surface area contributed by atoms with Crippen LogP contribution in [0.1, 0.15) is 16.2 Å². The molecule has 1 amide bonds. The van der Waals surface area contributed by atoms with Crippen molar-refractivity contribution < 1.29 is 9.32 Å². The van der Waals surface area contributed by atoms with Crippen LogP contribution in [0.15, 0.2) is 22.7 Å². The molecule has 0 spiro atoms. The van der Waals surface area contributed by atoms with Gasteiger partial charge in [0, 0.05) is 5.69 Å². The number of amides is 1. The topological polar surface area (TPSA) is 108 Å². The number of anilines is 1. The van der Waals surface area contributed by atoms with Gasteiger partial charge < -0.3 is 16.0 Å². The monoisotopic (exact) mass is 218 g/mol. The fourth-order valence-corrected chi connectivity index (χ4v) is 1.30. The van der Waals surface area contributed by atoms with Crippen molar-refractivity contribution in [2.24, 2.45) is 5.73 Å². The number of nitrogens with zero attached hydrogens (tertiary/aromatic N) is 2. The predicted octanol–water partition coefficient (Wildman–Crippen LogP) is 0.726. The first-order valence-electron chi connectivity index (χ1n) is 4.58. The van der Waals surface area contributed by atoms with Gasteiger partial charge in [0.15, 0.2) is 0 Å². The van der Waals surface area contributed by atoms with E-state index in [-0.39, 0.29) is 11.7 Å². The summed E-state index contributed by atoms with van der Waals surface area (Å²) >= 11 is 0. The summed E-state index contributed by atoms with van der Waals surface area (Å²) in [4.78, 5) is 14.7. The van der Waals surface area contributed by atoms with Crippen molar-refractivity contribution in [1.29, 1.82) is 0 Å². The molecule has 0 atom stereocenters. The molecule has 2 rings (SSSR count). The average molecular weight is 218 g/mol. The zero-order chi connectivity index (χ0) is 11.7. The van der Waals surface area contributed by atoms with Gasteiger partial charge in [-0.15, -0.1) is 0 Å². The number of rotatable bonds is 2.